The minimum atomic E-state index is -4.35. The van der Waals surface area contributed by atoms with Gasteiger partial charge in [0, 0.05) is 26.6 Å². The lowest BCUT2D eigenvalue weighted by Crippen LogP contribution is -2.37. The van der Waals surface area contributed by atoms with Crippen molar-refractivity contribution in [2.75, 3.05) is 13.7 Å². The van der Waals surface area contributed by atoms with E-state index in [2.05, 4.69) is 30.4 Å². The third kappa shape index (κ3) is 7.05. The Morgan fingerprint density at radius 1 is 1.14 bits per heavy atom. The smallest absolute Gasteiger partial charge is 0.422 e. The Balaban J connectivity index is 0.00000300. The van der Waals surface area contributed by atoms with Gasteiger partial charge in [-0.15, -0.1) is 34.2 Å². The summed E-state index contributed by atoms with van der Waals surface area (Å²) in [6.45, 7) is 0.621. The van der Waals surface area contributed by atoms with Crippen molar-refractivity contribution in [2.45, 2.75) is 45.1 Å². The number of fused-ring (bicyclic) bond motifs is 1. The molecule has 0 saturated carbocycles. The average molecular weight is 524 g/mol. The maximum Gasteiger partial charge on any atom is 0.422 e. The molecule has 0 spiro atoms. The van der Waals surface area contributed by atoms with Gasteiger partial charge in [0.15, 0.2) is 18.4 Å². The first-order valence-corrected chi connectivity index (χ1v) is 9.08. The molecule has 0 atom stereocenters. The maximum atomic E-state index is 12.2. The summed E-state index contributed by atoms with van der Waals surface area (Å²) in [5.41, 5.74) is 0.891. The van der Waals surface area contributed by atoms with Crippen molar-refractivity contribution in [3.8, 4) is 5.75 Å². The number of nitrogens with zero attached hydrogens (tertiary/aromatic N) is 4. The van der Waals surface area contributed by atoms with E-state index in [4.69, 9.17) is 4.74 Å². The summed E-state index contributed by atoms with van der Waals surface area (Å²) in [6.07, 6.45) is -1.10. The van der Waals surface area contributed by atoms with Gasteiger partial charge in [-0.05, 0) is 30.5 Å². The van der Waals surface area contributed by atoms with Gasteiger partial charge in [0.1, 0.15) is 11.6 Å². The van der Waals surface area contributed by atoms with Gasteiger partial charge in [-0.2, -0.15) is 13.2 Å². The predicted molar refractivity (Wildman–Crippen MR) is 113 cm³/mol. The zero-order chi connectivity index (χ0) is 20.0. The van der Waals surface area contributed by atoms with E-state index in [1.54, 1.807) is 19.2 Å². The van der Waals surface area contributed by atoms with Gasteiger partial charge >= 0.3 is 6.18 Å². The molecule has 0 unspecified atom stereocenters. The molecule has 0 amide bonds. The van der Waals surface area contributed by atoms with E-state index < -0.39 is 12.8 Å². The van der Waals surface area contributed by atoms with Crippen LogP contribution in [-0.4, -0.2) is 40.6 Å². The van der Waals surface area contributed by atoms with Gasteiger partial charge < -0.3 is 19.9 Å². The Morgan fingerprint density at radius 2 is 1.86 bits per heavy atom. The van der Waals surface area contributed by atoms with E-state index >= 15 is 0 Å². The molecule has 0 fully saturated rings. The van der Waals surface area contributed by atoms with Crippen LogP contribution in [0.3, 0.4) is 0 Å². The number of aliphatic imine (C=N–C) groups is 1. The van der Waals surface area contributed by atoms with Crippen molar-refractivity contribution in [1.29, 1.82) is 0 Å². The van der Waals surface area contributed by atoms with Crippen LogP contribution in [0.4, 0.5) is 13.2 Å². The molecule has 1 aromatic carbocycles. The number of benzene rings is 1. The molecular weight excluding hydrogens is 500 g/mol. The molecule has 11 heteroatoms. The molecule has 2 N–H and O–H groups in total. The lowest BCUT2D eigenvalue weighted by atomic mass is 10.2. The largest absolute Gasteiger partial charge is 0.484 e. The van der Waals surface area contributed by atoms with Crippen molar-refractivity contribution in [3.05, 3.63) is 41.5 Å². The fourth-order valence-electron chi connectivity index (χ4n) is 2.94. The maximum absolute atomic E-state index is 12.2. The molecule has 1 aliphatic heterocycles. The van der Waals surface area contributed by atoms with Crippen LogP contribution in [0.2, 0.25) is 0 Å². The number of aryl methyl sites for hydroxylation is 1. The number of guanidine groups is 1. The Hall–Kier alpha value is -2.05. The quantitative estimate of drug-likeness (QED) is 0.346. The molecule has 2 aromatic rings. The van der Waals surface area contributed by atoms with Crippen LogP contribution in [0.15, 0.2) is 29.3 Å². The fraction of sp³-hybridized carbons (Fsp3) is 0.500. The van der Waals surface area contributed by atoms with Crippen LogP contribution in [-0.2, 0) is 26.1 Å². The highest BCUT2D eigenvalue weighted by molar-refractivity contribution is 14.0. The molecule has 0 bridgehead atoms. The molecule has 3 rings (SSSR count). The van der Waals surface area contributed by atoms with Gasteiger partial charge in [0.05, 0.1) is 6.54 Å². The van der Waals surface area contributed by atoms with Crippen molar-refractivity contribution in [2.24, 2.45) is 4.99 Å². The van der Waals surface area contributed by atoms with E-state index in [0.717, 1.165) is 43.0 Å². The lowest BCUT2D eigenvalue weighted by Gasteiger charge is -2.16. The number of ether oxygens (including phenoxy) is 1. The van der Waals surface area contributed by atoms with E-state index in [0.29, 0.717) is 19.0 Å². The van der Waals surface area contributed by atoms with Gasteiger partial charge in [-0.3, -0.25) is 4.99 Å². The van der Waals surface area contributed by atoms with E-state index in [9.17, 15) is 13.2 Å². The Kier molecular flexibility index (Phi) is 8.53. The van der Waals surface area contributed by atoms with Crippen molar-refractivity contribution < 1.29 is 17.9 Å². The molecule has 1 aliphatic rings. The van der Waals surface area contributed by atoms with Crippen molar-refractivity contribution in [3.63, 3.8) is 0 Å². The fourth-order valence-corrected chi connectivity index (χ4v) is 2.94. The highest BCUT2D eigenvalue weighted by Gasteiger charge is 2.28. The van der Waals surface area contributed by atoms with Gasteiger partial charge in [-0.1, -0.05) is 12.1 Å². The van der Waals surface area contributed by atoms with Crippen LogP contribution in [0, 0.1) is 0 Å². The first-order valence-electron chi connectivity index (χ1n) is 9.08. The van der Waals surface area contributed by atoms with Crippen molar-refractivity contribution >= 4 is 29.9 Å². The van der Waals surface area contributed by atoms with Crippen LogP contribution in [0.5, 0.6) is 5.75 Å². The van der Waals surface area contributed by atoms with Crippen molar-refractivity contribution in [1.82, 2.24) is 25.4 Å². The molecule has 1 aromatic heterocycles. The topological polar surface area (TPSA) is 76.4 Å². The molecule has 160 valence electrons. The van der Waals surface area contributed by atoms with Gasteiger partial charge in [0.2, 0.25) is 0 Å². The first kappa shape index (κ1) is 23.2. The van der Waals surface area contributed by atoms with E-state index in [1.807, 2.05) is 0 Å². The third-order valence-electron chi connectivity index (χ3n) is 4.36. The average Bonchev–Trinajstić information content (AvgIpc) is 3.10. The number of nitrogens with one attached hydrogen (secondary N) is 2. The Morgan fingerprint density at radius 3 is 2.55 bits per heavy atom. The predicted octanol–water partition coefficient (Wildman–Crippen LogP) is 3.04. The lowest BCUT2D eigenvalue weighted by molar-refractivity contribution is -0.153. The minimum absolute atomic E-state index is 0. The van der Waals surface area contributed by atoms with Crippen LogP contribution < -0.4 is 15.4 Å². The molecule has 29 heavy (non-hydrogen) atoms. The van der Waals surface area contributed by atoms with Gasteiger partial charge in [0.25, 0.3) is 0 Å². The third-order valence-corrected chi connectivity index (χ3v) is 4.36. The highest BCUT2D eigenvalue weighted by atomic mass is 127. The Labute approximate surface area is 184 Å². The number of rotatable bonds is 6. The summed E-state index contributed by atoms with van der Waals surface area (Å²) in [6, 6.07) is 6.45. The molecule has 0 radical (unpaired) electrons. The molecule has 2 heterocycles. The summed E-state index contributed by atoms with van der Waals surface area (Å²) in [5, 5.41) is 14.8. The summed E-state index contributed by atoms with van der Waals surface area (Å²) in [7, 11) is 1.67. The zero-order valence-electron chi connectivity index (χ0n) is 16.0. The Bertz CT molecular complexity index is 807. The second kappa shape index (κ2) is 10.6. The van der Waals surface area contributed by atoms with Gasteiger partial charge in [-0.25, -0.2) is 0 Å². The number of hydrogen-bond donors (Lipinski definition) is 2. The number of aromatic nitrogens is 3. The second-order valence-corrected chi connectivity index (χ2v) is 6.47. The number of halogens is 4. The zero-order valence-corrected chi connectivity index (χ0v) is 18.3. The molecule has 0 saturated heterocycles. The molecule has 7 nitrogen and oxygen atoms in total. The SMILES string of the molecule is CN=C(NCc1ccc(OCC(F)(F)F)cc1)NCc1nnc2n1CCCC2.I. The number of alkyl halides is 3. The summed E-state index contributed by atoms with van der Waals surface area (Å²) >= 11 is 0. The number of hydrogen-bond acceptors (Lipinski definition) is 4. The minimum Gasteiger partial charge on any atom is -0.484 e. The summed E-state index contributed by atoms with van der Waals surface area (Å²) in [4.78, 5) is 4.18. The second-order valence-electron chi connectivity index (χ2n) is 6.47. The summed E-state index contributed by atoms with van der Waals surface area (Å²) in [5.74, 6) is 2.69. The molecule has 0 aliphatic carbocycles. The van der Waals surface area contributed by atoms with E-state index in [1.165, 1.54) is 12.1 Å². The van der Waals surface area contributed by atoms with Crippen LogP contribution in [0.25, 0.3) is 0 Å². The van der Waals surface area contributed by atoms with Crippen LogP contribution >= 0.6 is 24.0 Å². The highest BCUT2D eigenvalue weighted by Crippen LogP contribution is 2.19. The normalized spacial score (nSPS) is 14.0. The van der Waals surface area contributed by atoms with E-state index in [-0.39, 0.29) is 29.7 Å². The monoisotopic (exact) mass is 524 g/mol. The first-order chi connectivity index (χ1) is 13.4. The molecular formula is C18H24F3IN6O. The van der Waals surface area contributed by atoms with Crippen LogP contribution in [0.1, 0.15) is 30.1 Å². The standard InChI is InChI=1S/C18H23F3N6O.HI/c1-22-17(24-11-16-26-25-15-4-2-3-9-27(15)16)23-10-13-5-7-14(8-6-13)28-12-18(19,20)21;/h5-8H,2-4,9-12H2,1H3,(H2,22,23,24);1H. The summed E-state index contributed by atoms with van der Waals surface area (Å²) < 4.78 is 43.4.